The molecule has 0 fully saturated rings. The van der Waals surface area contributed by atoms with Gasteiger partial charge in [0.2, 0.25) is 0 Å². The van der Waals surface area contributed by atoms with Crippen LogP contribution in [-0.4, -0.2) is 28.3 Å². The Morgan fingerprint density at radius 1 is 1.14 bits per heavy atom. The highest BCUT2D eigenvalue weighted by atomic mass is 32.1. The fourth-order valence-electron chi connectivity index (χ4n) is 1.09. The molecule has 0 amide bonds. The molecule has 0 spiro atoms. The Balaban J connectivity index is 3.71. The fraction of sp³-hybridized carbons (Fsp3) is 1.00. The van der Waals surface area contributed by atoms with E-state index in [2.05, 4.69) is 33.4 Å². The summed E-state index contributed by atoms with van der Waals surface area (Å²) < 4.78 is 11.5. The zero-order chi connectivity index (χ0) is 10.8. The summed E-state index contributed by atoms with van der Waals surface area (Å²) in [7, 11) is -1.39. The second-order valence-electron chi connectivity index (χ2n) is 3.69. The van der Waals surface area contributed by atoms with E-state index in [0.717, 1.165) is 37.9 Å². The van der Waals surface area contributed by atoms with Crippen LogP contribution in [0.15, 0.2) is 0 Å². The Morgan fingerprint density at radius 2 is 1.64 bits per heavy atom. The van der Waals surface area contributed by atoms with Crippen molar-refractivity contribution in [2.24, 2.45) is 5.92 Å². The van der Waals surface area contributed by atoms with Crippen LogP contribution >= 0.6 is 12.6 Å². The number of hydrogen-bond donors (Lipinski definition) is 1. The maximum absolute atomic E-state index is 5.75. The molecule has 0 saturated carbocycles. The molecule has 14 heavy (non-hydrogen) atoms. The van der Waals surface area contributed by atoms with E-state index in [1.54, 1.807) is 0 Å². The summed E-state index contributed by atoms with van der Waals surface area (Å²) in [4.78, 5) is 0. The summed E-state index contributed by atoms with van der Waals surface area (Å²) in [6.07, 6.45) is 2.16. The number of hydrogen-bond acceptors (Lipinski definition) is 3. The predicted molar refractivity (Wildman–Crippen MR) is 67.5 cm³/mol. The Bertz CT molecular complexity index is 117. The lowest BCUT2D eigenvalue weighted by molar-refractivity contribution is 0.193. The monoisotopic (exact) mass is 236 g/mol. The van der Waals surface area contributed by atoms with Crippen molar-refractivity contribution < 1.29 is 8.85 Å². The minimum Gasteiger partial charge on any atom is -0.397 e. The van der Waals surface area contributed by atoms with Gasteiger partial charge in [-0.05, 0) is 30.6 Å². The van der Waals surface area contributed by atoms with Gasteiger partial charge in [0.1, 0.15) is 0 Å². The molecule has 0 N–H and O–H groups in total. The van der Waals surface area contributed by atoms with Gasteiger partial charge in [-0.1, -0.05) is 20.8 Å². The zero-order valence-corrected chi connectivity index (χ0v) is 11.7. The van der Waals surface area contributed by atoms with Gasteiger partial charge in [0.05, 0.1) is 0 Å². The first-order chi connectivity index (χ1) is 6.74. The SMILES string of the molecule is CCCO[SiH](CC(C)CS)OCCC. The normalized spacial score (nSPS) is 13.5. The van der Waals surface area contributed by atoms with Gasteiger partial charge in [-0.3, -0.25) is 0 Å². The molecule has 0 radical (unpaired) electrons. The predicted octanol–water partition coefficient (Wildman–Crippen LogP) is 2.63. The van der Waals surface area contributed by atoms with Gasteiger partial charge in [0.25, 0.3) is 0 Å². The molecule has 0 aliphatic heterocycles. The van der Waals surface area contributed by atoms with Crippen LogP contribution in [0, 0.1) is 5.92 Å². The van der Waals surface area contributed by atoms with Crippen LogP contribution < -0.4 is 0 Å². The number of thiol groups is 1. The van der Waals surface area contributed by atoms with E-state index < -0.39 is 9.28 Å². The molecular weight excluding hydrogens is 212 g/mol. The Labute approximate surface area is 95.6 Å². The second-order valence-corrected chi connectivity index (χ2v) is 6.06. The lowest BCUT2D eigenvalue weighted by atomic mass is 10.3. The van der Waals surface area contributed by atoms with Crippen molar-refractivity contribution in [2.75, 3.05) is 19.0 Å². The first kappa shape index (κ1) is 14.5. The van der Waals surface area contributed by atoms with Gasteiger partial charge in [0.15, 0.2) is 0 Å². The third-order valence-corrected chi connectivity index (χ3v) is 4.95. The third kappa shape index (κ3) is 7.85. The molecule has 1 atom stereocenters. The van der Waals surface area contributed by atoms with Crippen LogP contribution in [0.25, 0.3) is 0 Å². The Morgan fingerprint density at radius 3 is 2.00 bits per heavy atom. The highest BCUT2D eigenvalue weighted by Gasteiger charge is 2.16. The van der Waals surface area contributed by atoms with Crippen LogP contribution in [0.1, 0.15) is 33.6 Å². The molecule has 0 aromatic carbocycles. The summed E-state index contributed by atoms with van der Waals surface area (Å²) in [5.41, 5.74) is 0. The zero-order valence-electron chi connectivity index (χ0n) is 9.66. The quantitative estimate of drug-likeness (QED) is 0.490. The largest absolute Gasteiger partial charge is 0.397 e. The summed E-state index contributed by atoms with van der Waals surface area (Å²) in [6.45, 7) is 8.16. The minimum absolute atomic E-state index is 0.615. The summed E-state index contributed by atoms with van der Waals surface area (Å²) in [6, 6.07) is 1.09. The lowest BCUT2D eigenvalue weighted by Gasteiger charge is -2.18. The fourth-order valence-corrected chi connectivity index (χ4v) is 3.70. The first-order valence-corrected chi connectivity index (χ1v) is 7.97. The van der Waals surface area contributed by atoms with Crippen molar-refractivity contribution in [3.05, 3.63) is 0 Å². The van der Waals surface area contributed by atoms with Crippen molar-refractivity contribution in [2.45, 2.75) is 39.7 Å². The average Bonchev–Trinajstić information content (AvgIpc) is 2.21. The van der Waals surface area contributed by atoms with Gasteiger partial charge in [-0.25, -0.2) is 0 Å². The molecular formula is C10H24O2SSi. The van der Waals surface area contributed by atoms with E-state index in [9.17, 15) is 0 Å². The smallest absolute Gasteiger partial charge is 0.321 e. The second kappa shape index (κ2) is 10.0. The topological polar surface area (TPSA) is 18.5 Å². The van der Waals surface area contributed by atoms with Crippen molar-refractivity contribution in [3.63, 3.8) is 0 Å². The van der Waals surface area contributed by atoms with Gasteiger partial charge >= 0.3 is 9.28 Å². The lowest BCUT2D eigenvalue weighted by Crippen LogP contribution is -2.26. The van der Waals surface area contributed by atoms with Crippen LogP contribution in [0.3, 0.4) is 0 Å². The molecule has 0 aliphatic rings. The van der Waals surface area contributed by atoms with E-state index in [0.29, 0.717) is 5.92 Å². The van der Waals surface area contributed by atoms with E-state index in [-0.39, 0.29) is 0 Å². The van der Waals surface area contributed by atoms with Crippen LogP contribution in [0.4, 0.5) is 0 Å². The molecule has 0 aromatic heterocycles. The van der Waals surface area contributed by atoms with Gasteiger partial charge in [0, 0.05) is 13.2 Å². The van der Waals surface area contributed by atoms with Gasteiger partial charge in [-0.2, -0.15) is 12.6 Å². The highest BCUT2D eigenvalue weighted by Crippen LogP contribution is 2.10. The minimum atomic E-state index is -1.39. The molecule has 4 heteroatoms. The Kier molecular flexibility index (Phi) is 10.4. The van der Waals surface area contributed by atoms with Crippen molar-refractivity contribution in [1.82, 2.24) is 0 Å². The van der Waals surface area contributed by atoms with Crippen molar-refractivity contribution in [1.29, 1.82) is 0 Å². The van der Waals surface area contributed by atoms with E-state index in [1.807, 2.05) is 0 Å². The Hall–Kier alpha value is 0.487. The summed E-state index contributed by atoms with van der Waals surface area (Å²) >= 11 is 4.28. The molecule has 0 aliphatic carbocycles. The molecule has 0 saturated heterocycles. The van der Waals surface area contributed by atoms with E-state index in [4.69, 9.17) is 8.85 Å². The standard InChI is InChI=1S/C10H24O2SSi/c1-4-6-11-14(12-7-5-2)9-10(3)8-13/h10,13-14H,4-9H2,1-3H3. The van der Waals surface area contributed by atoms with Gasteiger partial charge < -0.3 is 8.85 Å². The average molecular weight is 236 g/mol. The molecule has 0 aromatic rings. The van der Waals surface area contributed by atoms with Crippen LogP contribution in [-0.2, 0) is 8.85 Å². The van der Waals surface area contributed by atoms with Crippen LogP contribution in [0.2, 0.25) is 6.04 Å². The summed E-state index contributed by atoms with van der Waals surface area (Å²) in [5, 5.41) is 0. The van der Waals surface area contributed by atoms with E-state index >= 15 is 0 Å². The molecule has 86 valence electrons. The molecule has 0 heterocycles. The highest BCUT2D eigenvalue weighted by molar-refractivity contribution is 7.80. The van der Waals surface area contributed by atoms with Crippen molar-refractivity contribution in [3.8, 4) is 0 Å². The number of rotatable bonds is 9. The summed E-state index contributed by atoms with van der Waals surface area (Å²) in [5.74, 6) is 1.54. The maximum atomic E-state index is 5.75. The van der Waals surface area contributed by atoms with Crippen molar-refractivity contribution >= 4 is 21.9 Å². The molecule has 1 unspecified atom stereocenters. The van der Waals surface area contributed by atoms with E-state index in [1.165, 1.54) is 0 Å². The van der Waals surface area contributed by atoms with Gasteiger partial charge in [-0.15, -0.1) is 0 Å². The molecule has 2 nitrogen and oxygen atoms in total. The first-order valence-electron chi connectivity index (χ1n) is 5.58. The third-order valence-electron chi connectivity index (χ3n) is 1.92. The molecule has 0 rings (SSSR count). The van der Waals surface area contributed by atoms with Crippen LogP contribution in [0.5, 0.6) is 0 Å². The molecule has 0 bridgehead atoms. The maximum Gasteiger partial charge on any atom is 0.321 e.